The van der Waals surface area contributed by atoms with Crippen LogP contribution in [0.2, 0.25) is 0 Å². The minimum absolute atomic E-state index is 0.00718. The molecular formula is C56H58N4O7. The zero-order chi connectivity index (χ0) is 46.3. The smallest absolute Gasteiger partial charge is 0.338 e. The van der Waals surface area contributed by atoms with E-state index >= 15 is 0 Å². The topological polar surface area (TPSA) is 145 Å². The van der Waals surface area contributed by atoms with Gasteiger partial charge in [0.25, 0.3) is 11.8 Å². The van der Waals surface area contributed by atoms with Crippen LogP contribution in [0.1, 0.15) is 116 Å². The Balaban J connectivity index is 0.994. The molecule has 10 rings (SSSR count). The molecule has 5 aromatic carbocycles. The number of aryl methyl sites for hydroxylation is 1. The second kappa shape index (κ2) is 20.2. The summed E-state index contributed by atoms with van der Waals surface area (Å²) in [5.74, 6) is -0.724. The normalized spacial score (nSPS) is 19.6. The highest BCUT2D eigenvalue weighted by atomic mass is 16.5. The molecule has 6 aromatic rings. The van der Waals surface area contributed by atoms with E-state index in [-0.39, 0.29) is 58.9 Å². The Morgan fingerprint density at radius 3 is 1.75 bits per heavy atom. The van der Waals surface area contributed by atoms with Crippen molar-refractivity contribution in [2.75, 3.05) is 11.9 Å². The minimum atomic E-state index is -1.15. The summed E-state index contributed by atoms with van der Waals surface area (Å²) in [4.78, 5) is 70.9. The lowest BCUT2D eigenvalue weighted by atomic mass is 9.49. The third kappa shape index (κ3) is 10.8. The number of esters is 2. The van der Waals surface area contributed by atoms with E-state index in [1.807, 2.05) is 109 Å². The SMILES string of the molecule is CCCCn1ccc2cc(C(=O)N[C@@H](Cc3ccccc3)C(=O)Nc3cc(C(=O)OCc4ccccc4)cc(C(=O)OCc4ccccc4)c3)c(C(=O)NCC34CC5CC(CC(C5)C3)C4)cc21. The van der Waals surface area contributed by atoms with Gasteiger partial charge in [-0.3, -0.25) is 14.4 Å². The molecule has 1 atom stereocenters. The molecule has 11 heteroatoms. The Bertz CT molecular complexity index is 2640. The molecule has 1 heterocycles. The number of hydrogen-bond acceptors (Lipinski definition) is 7. The molecule has 0 spiro atoms. The summed E-state index contributed by atoms with van der Waals surface area (Å²) >= 11 is 0. The molecule has 11 nitrogen and oxygen atoms in total. The molecule has 4 fully saturated rings. The van der Waals surface area contributed by atoms with Gasteiger partial charge < -0.3 is 30.0 Å². The van der Waals surface area contributed by atoms with Crippen LogP contribution in [-0.4, -0.2) is 46.8 Å². The van der Waals surface area contributed by atoms with Gasteiger partial charge in [0.2, 0.25) is 5.91 Å². The first kappa shape index (κ1) is 45.2. The first-order valence-electron chi connectivity index (χ1n) is 23.7. The van der Waals surface area contributed by atoms with Gasteiger partial charge in [-0.1, -0.05) is 104 Å². The molecular weight excluding hydrogens is 841 g/mol. The van der Waals surface area contributed by atoms with Crippen LogP contribution in [0.5, 0.6) is 0 Å². The standard InChI is InChI=1S/C56H58N4O7/c1-2-3-20-60-21-19-43-29-47(48(30-50(43)60)51(61)57-36-56-31-40-22-41(32-56)24-42(23-40)33-56)52(62)59-49(25-37-13-7-4-8-14-37)53(63)58-46-27-44(54(64)66-34-38-15-9-5-10-16-38)26-45(28-46)55(65)67-35-39-17-11-6-12-18-39/h4-19,21,26-30,40-42,49H,2-3,20,22-25,31-36H2,1H3,(H,57,61)(H,58,63)(H,59,62)/t40?,41?,42?,49-,56?/m0/s1. The van der Waals surface area contributed by atoms with Gasteiger partial charge in [-0.05, 0) is 121 Å². The third-order valence-electron chi connectivity index (χ3n) is 13.9. The lowest BCUT2D eigenvalue weighted by molar-refractivity contribution is -0.118. The van der Waals surface area contributed by atoms with Crippen molar-refractivity contribution in [1.29, 1.82) is 0 Å². The number of nitrogens with one attached hydrogen (secondary N) is 3. The van der Waals surface area contributed by atoms with Crippen LogP contribution in [0.4, 0.5) is 5.69 Å². The molecule has 4 saturated carbocycles. The van der Waals surface area contributed by atoms with Crippen LogP contribution in [0, 0.1) is 23.2 Å². The number of unbranched alkanes of at least 4 members (excludes halogenated alkanes) is 1. The molecule has 1 aromatic heterocycles. The van der Waals surface area contributed by atoms with E-state index in [1.54, 1.807) is 6.07 Å². The lowest BCUT2D eigenvalue weighted by Crippen LogP contribution is -2.51. The third-order valence-corrected chi connectivity index (χ3v) is 13.9. The Morgan fingerprint density at radius 2 is 1.19 bits per heavy atom. The maximum absolute atomic E-state index is 14.7. The van der Waals surface area contributed by atoms with Crippen molar-refractivity contribution in [2.24, 2.45) is 23.2 Å². The number of aromatic nitrogens is 1. The summed E-state index contributed by atoms with van der Waals surface area (Å²) in [7, 11) is 0. The largest absolute Gasteiger partial charge is 0.457 e. The fourth-order valence-corrected chi connectivity index (χ4v) is 11.1. The van der Waals surface area contributed by atoms with E-state index in [0.717, 1.165) is 84.0 Å². The Kier molecular flexibility index (Phi) is 13.6. The van der Waals surface area contributed by atoms with Crippen molar-refractivity contribution >= 4 is 46.3 Å². The number of anilines is 1. The van der Waals surface area contributed by atoms with E-state index in [2.05, 4.69) is 27.4 Å². The van der Waals surface area contributed by atoms with Crippen molar-refractivity contribution in [1.82, 2.24) is 15.2 Å². The highest BCUT2D eigenvalue weighted by Gasteiger charge is 2.50. The van der Waals surface area contributed by atoms with Crippen molar-refractivity contribution in [3.05, 3.63) is 173 Å². The summed E-state index contributed by atoms with van der Waals surface area (Å²) < 4.78 is 13.4. The number of amides is 3. The number of rotatable bonds is 18. The van der Waals surface area contributed by atoms with Crippen LogP contribution in [0.3, 0.4) is 0 Å². The summed E-state index contributed by atoms with van der Waals surface area (Å²) in [6, 6.07) is 36.3. The van der Waals surface area contributed by atoms with Gasteiger partial charge >= 0.3 is 11.9 Å². The fraction of sp³-hybridized carbons (Fsp3) is 0.339. The average molecular weight is 899 g/mol. The van der Waals surface area contributed by atoms with Crippen LogP contribution in [-0.2, 0) is 40.4 Å². The van der Waals surface area contributed by atoms with Gasteiger partial charge in [0.1, 0.15) is 19.3 Å². The number of nitrogens with zero attached hydrogens (tertiary/aromatic N) is 1. The number of benzene rings is 5. The fourth-order valence-electron chi connectivity index (χ4n) is 11.1. The molecule has 4 aliphatic carbocycles. The zero-order valence-electron chi connectivity index (χ0n) is 38.0. The Hall–Kier alpha value is -7.01. The first-order chi connectivity index (χ1) is 32.6. The monoisotopic (exact) mass is 898 g/mol. The van der Waals surface area contributed by atoms with Gasteiger partial charge in [-0.25, -0.2) is 9.59 Å². The second-order valence-electron chi connectivity index (χ2n) is 19.0. The van der Waals surface area contributed by atoms with Crippen molar-refractivity contribution < 1.29 is 33.4 Å². The predicted molar refractivity (Wildman–Crippen MR) is 257 cm³/mol. The van der Waals surface area contributed by atoms with Gasteiger partial charge in [-0.15, -0.1) is 0 Å². The van der Waals surface area contributed by atoms with Gasteiger partial charge in [0.15, 0.2) is 0 Å². The molecule has 3 N–H and O–H groups in total. The predicted octanol–water partition coefficient (Wildman–Crippen LogP) is 10.1. The van der Waals surface area contributed by atoms with Crippen molar-refractivity contribution in [3.8, 4) is 0 Å². The van der Waals surface area contributed by atoms with Gasteiger partial charge in [0, 0.05) is 42.3 Å². The zero-order valence-corrected chi connectivity index (χ0v) is 38.0. The summed E-state index contributed by atoms with van der Waals surface area (Å²) in [6.07, 6.45) is 11.4. The quantitative estimate of drug-likeness (QED) is 0.0729. The molecule has 67 heavy (non-hydrogen) atoms. The lowest BCUT2D eigenvalue weighted by Gasteiger charge is -2.56. The van der Waals surface area contributed by atoms with Crippen LogP contribution < -0.4 is 16.0 Å². The van der Waals surface area contributed by atoms with E-state index in [4.69, 9.17) is 9.47 Å². The molecule has 344 valence electrons. The van der Waals surface area contributed by atoms with Gasteiger partial charge in [0.05, 0.1) is 22.3 Å². The molecule has 4 aliphatic rings. The maximum atomic E-state index is 14.7. The minimum Gasteiger partial charge on any atom is -0.457 e. The molecule has 0 unspecified atom stereocenters. The molecule has 0 radical (unpaired) electrons. The Morgan fingerprint density at radius 1 is 0.657 bits per heavy atom. The van der Waals surface area contributed by atoms with Gasteiger partial charge in [-0.2, -0.15) is 0 Å². The molecule has 3 amide bonds. The van der Waals surface area contributed by atoms with Crippen LogP contribution in [0.15, 0.2) is 134 Å². The van der Waals surface area contributed by atoms with Crippen molar-refractivity contribution in [2.45, 2.75) is 90.5 Å². The first-order valence-corrected chi connectivity index (χ1v) is 23.7. The second-order valence-corrected chi connectivity index (χ2v) is 19.0. The Labute approximate surface area is 391 Å². The molecule has 0 aliphatic heterocycles. The number of carbonyl (C=O) groups is 5. The highest BCUT2D eigenvalue weighted by Crippen LogP contribution is 2.59. The van der Waals surface area contributed by atoms with E-state index in [1.165, 1.54) is 37.5 Å². The maximum Gasteiger partial charge on any atom is 0.338 e. The molecule has 0 saturated heterocycles. The molecule has 4 bridgehead atoms. The summed E-state index contributed by atoms with van der Waals surface area (Å²) in [6.45, 7) is 3.47. The number of fused-ring (bicyclic) bond motifs is 1. The number of ether oxygens (including phenoxy) is 2. The van der Waals surface area contributed by atoms with E-state index in [0.29, 0.717) is 6.54 Å². The summed E-state index contributed by atoms with van der Waals surface area (Å²) in [5, 5.41) is 9.98. The van der Waals surface area contributed by atoms with Crippen LogP contribution >= 0.6 is 0 Å². The van der Waals surface area contributed by atoms with E-state index in [9.17, 15) is 24.0 Å². The average Bonchev–Trinajstić information content (AvgIpc) is 3.74. The number of hydrogen-bond donors (Lipinski definition) is 3. The van der Waals surface area contributed by atoms with Crippen LogP contribution in [0.25, 0.3) is 10.9 Å². The number of carbonyl (C=O) groups excluding carboxylic acids is 5. The van der Waals surface area contributed by atoms with Crippen molar-refractivity contribution in [3.63, 3.8) is 0 Å². The highest BCUT2D eigenvalue weighted by molar-refractivity contribution is 6.12. The summed E-state index contributed by atoms with van der Waals surface area (Å²) in [5.41, 5.74) is 3.87. The van der Waals surface area contributed by atoms with E-state index < -0.39 is 29.8 Å².